The second-order valence-electron chi connectivity index (χ2n) is 4.75. The maximum Gasteiger partial charge on any atom is 0.244 e. The van der Waals surface area contributed by atoms with Gasteiger partial charge < -0.3 is 24.8 Å². The number of carbonyl (C=O) groups is 2. The first-order valence-corrected chi connectivity index (χ1v) is 7.34. The van der Waals surface area contributed by atoms with Crippen molar-refractivity contribution in [3.63, 3.8) is 0 Å². The second kappa shape index (κ2) is 8.07. The number of hydrogen-bond acceptors (Lipinski definition) is 5. The lowest BCUT2D eigenvalue weighted by atomic mass is 10.1. The van der Waals surface area contributed by atoms with Crippen molar-refractivity contribution in [3.05, 3.63) is 23.8 Å². The van der Waals surface area contributed by atoms with Gasteiger partial charge in [-0.1, -0.05) is 0 Å². The number of methoxy groups -OCH3 is 1. The van der Waals surface area contributed by atoms with Gasteiger partial charge >= 0.3 is 0 Å². The van der Waals surface area contributed by atoms with Gasteiger partial charge in [-0.05, 0) is 30.7 Å². The van der Waals surface area contributed by atoms with Crippen molar-refractivity contribution in [2.75, 3.05) is 33.4 Å². The molecule has 7 nitrogen and oxygen atoms in total. The highest BCUT2D eigenvalue weighted by atomic mass is 16.6. The summed E-state index contributed by atoms with van der Waals surface area (Å²) in [5, 5.41) is 5.10. The molecule has 0 aliphatic carbocycles. The summed E-state index contributed by atoms with van der Waals surface area (Å²) in [4.78, 5) is 23.0. The molecule has 0 unspecified atom stereocenters. The Labute approximate surface area is 134 Å². The molecular formula is C16H20N2O5. The van der Waals surface area contributed by atoms with Gasteiger partial charge in [-0.15, -0.1) is 0 Å². The number of hydrogen-bond donors (Lipinski definition) is 2. The molecule has 0 atom stereocenters. The van der Waals surface area contributed by atoms with Gasteiger partial charge in [0.25, 0.3) is 0 Å². The molecule has 0 fully saturated rings. The highest BCUT2D eigenvalue weighted by Gasteiger charge is 2.17. The molecule has 23 heavy (non-hydrogen) atoms. The predicted octanol–water partition coefficient (Wildman–Crippen LogP) is 0.732. The van der Waals surface area contributed by atoms with E-state index in [1.165, 1.54) is 6.08 Å². The minimum Gasteiger partial charge on any atom is -0.493 e. The van der Waals surface area contributed by atoms with E-state index in [-0.39, 0.29) is 18.4 Å². The maximum absolute atomic E-state index is 11.7. The van der Waals surface area contributed by atoms with Crippen LogP contribution in [0.15, 0.2) is 18.2 Å². The average molecular weight is 320 g/mol. The van der Waals surface area contributed by atoms with Gasteiger partial charge in [0.1, 0.15) is 13.2 Å². The van der Waals surface area contributed by atoms with Crippen LogP contribution in [-0.4, -0.2) is 45.2 Å². The first-order valence-electron chi connectivity index (χ1n) is 7.34. The van der Waals surface area contributed by atoms with Gasteiger partial charge in [0.2, 0.25) is 17.6 Å². The van der Waals surface area contributed by atoms with E-state index >= 15 is 0 Å². The number of carbonyl (C=O) groups excluding carboxylic acids is 2. The Morgan fingerprint density at radius 3 is 2.78 bits per heavy atom. The van der Waals surface area contributed by atoms with E-state index in [0.29, 0.717) is 37.0 Å². The third kappa shape index (κ3) is 4.64. The fourth-order valence-electron chi connectivity index (χ4n) is 2.05. The number of ether oxygens (including phenoxy) is 3. The third-order valence-electron chi connectivity index (χ3n) is 3.07. The molecule has 2 N–H and O–H groups in total. The average Bonchev–Trinajstić information content (AvgIpc) is 2.57. The van der Waals surface area contributed by atoms with Gasteiger partial charge in [-0.25, -0.2) is 0 Å². The zero-order chi connectivity index (χ0) is 16.7. The van der Waals surface area contributed by atoms with Crippen molar-refractivity contribution in [2.24, 2.45) is 0 Å². The molecule has 1 aromatic carbocycles. The molecule has 124 valence electrons. The summed E-state index contributed by atoms with van der Waals surface area (Å²) < 4.78 is 16.3. The van der Waals surface area contributed by atoms with Gasteiger partial charge in [-0.2, -0.15) is 0 Å². The first kappa shape index (κ1) is 16.7. The van der Waals surface area contributed by atoms with Crippen molar-refractivity contribution in [2.45, 2.75) is 6.92 Å². The van der Waals surface area contributed by atoms with Crippen LogP contribution in [0.5, 0.6) is 17.2 Å². The second-order valence-corrected chi connectivity index (χ2v) is 4.75. The zero-order valence-electron chi connectivity index (χ0n) is 13.2. The van der Waals surface area contributed by atoms with E-state index in [0.717, 1.165) is 5.56 Å². The molecule has 1 heterocycles. The number of likely N-dealkylation sites (N-methyl/N-ethyl adjacent to an activating group) is 1. The molecule has 0 saturated carbocycles. The molecule has 0 bridgehead atoms. The number of benzene rings is 1. The zero-order valence-corrected chi connectivity index (χ0v) is 13.2. The predicted molar refractivity (Wildman–Crippen MR) is 84.7 cm³/mol. The standard InChI is InChI=1S/C16H20N2O5/c1-3-17-15(20)10-18-14(19)5-4-11-8-12(21-2)16-13(9-11)22-6-7-23-16/h4-5,8-9H,3,6-7,10H2,1-2H3,(H,17,20)(H,18,19)/b5-4+. The number of fused-ring (bicyclic) bond motifs is 1. The van der Waals surface area contributed by atoms with E-state index in [4.69, 9.17) is 14.2 Å². The van der Waals surface area contributed by atoms with E-state index in [9.17, 15) is 9.59 Å². The molecule has 7 heteroatoms. The highest BCUT2D eigenvalue weighted by Crippen LogP contribution is 2.40. The molecule has 1 aliphatic heterocycles. The highest BCUT2D eigenvalue weighted by molar-refractivity contribution is 5.94. The van der Waals surface area contributed by atoms with Crippen LogP contribution in [0.1, 0.15) is 12.5 Å². The number of rotatable bonds is 6. The fraction of sp³-hybridized carbons (Fsp3) is 0.375. The van der Waals surface area contributed by atoms with Crippen molar-refractivity contribution < 1.29 is 23.8 Å². The Morgan fingerprint density at radius 1 is 1.26 bits per heavy atom. The minimum atomic E-state index is -0.356. The smallest absolute Gasteiger partial charge is 0.244 e. The van der Waals surface area contributed by atoms with Gasteiger partial charge in [0, 0.05) is 12.6 Å². The summed E-state index contributed by atoms with van der Waals surface area (Å²) in [6, 6.07) is 3.52. The first-order chi connectivity index (χ1) is 11.1. The normalized spacial score (nSPS) is 12.8. The maximum atomic E-state index is 11.7. The number of nitrogens with one attached hydrogen (secondary N) is 2. The summed E-state index contributed by atoms with van der Waals surface area (Å²) >= 11 is 0. The summed E-state index contributed by atoms with van der Waals surface area (Å²) in [6.07, 6.45) is 2.97. The van der Waals surface area contributed by atoms with Crippen LogP contribution in [0, 0.1) is 0 Å². The Bertz CT molecular complexity index is 595. The molecule has 0 spiro atoms. The lowest BCUT2D eigenvalue weighted by Gasteiger charge is -2.20. The monoisotopic (exact) mass is 320 g/mol. The van der Waals surface area contributed by atoms with Crippen LogP contribution < -0.4 is 24.8 Å². The molecule has 2 amide bonds. The summed E-state index contributed by atoms with van der Waals surface area (Å²) in [5.41, 5.74) is 0.735. The van der Waals surface area contributed by atoms with E-state index in [1.54, 1.807) is 25.3 Å². The number of amides is 2. The van der Waals surface area contributed by atoms with E-state index < -0.39 is 0 Å². The lowest BCUT2D eigenvalue weighted by Crippen LogP contribution is -2.35. The van der Waals surface area contributed by atoms with Crippen molar-refractivity contribution >= 4 is 17.9 Å². The van der Waals surface area contributed by atoms with Crippen molar-refractivity contribution in [1.82, 2.24) is 10.6 Å². The SMILES string of the molecule is CCNC(=O)CNC(=O)/C=C/c1cc(OC)c2c(c1)OCCO2. The summed E-state index contributed by atoms with van der Waals surface area (Å²) in [5.74, 6) is 1.11. The van der Waals surface area contributed by atoms with Crippen molar-refractivity contribution in [1.29, 1.82) is 0 Å². The van der Waals surface area contributed by atoms with E-state index in [2.05, 4.69) is 10.6 Å². The van der Waals surface area contributed by atoms with Crippen LogP contribution in [0.4, 0.5) is 0 Å². The summed E-state index contributed by atoms with van der Waals surface area (Å²) in [7, 11) is 1.54. The molecule has 1 aliphatic rings. The van der Waals surface area contributed by atoms with Gasteiger partial charge in [-0.3, -0.25) is 9.59 Å². The third-order valence-corrected chi connectivity index (χ3v) is 3.07. The van der Waals surface area contributed by atoms with Crippen LogP contribution >= 0.6 is 0 Å². The van der Waals surface area contributed by atoms with Crippen LogP contribution in [0.25, 0.3) is 6.08 Å². The molecule has 0 saturated heterocycles. The Balaban J connectivity index is 2.01. The quantitative estimate of drug-likeness (QED) is 0.755. The molecular weight excluding hydrogens is 300 g/mol. The topological polar surface area (TPSA) is 85.9 Å². The van der Waals surface area contributed by atoms with Crippen LogP contribution in [0.2, 0.25) is 0 Å². The molecule has 0 aromatic heterocycles. The fourth-order valence-corrected chi connectivity index (χ4v) is 2.05. The van der Waals surface area contributed by atoms with E-state index in [1.807, 2.05) is 6.92 Å². The van der Waals surface area contributed by atoms with Gasteiger partial charge in [0.15, 0.2) is 11.5 Å². The van der Waals surface area contributed by atoms with Gasteiger partial charge in [0.05, 0.1) is 13.7 Å². The Kier molecular flexibility index (Phi) is 5.85. The van der Waals surface area contributed by atoms with Crippen LogP contribution in [0.3, 0.4) is 0 Å². The van der Waals surface area contributed by atoms with Crippen LogP contribution in [-0.2, 0) is 9.59 Å². The largest absolute Gasteiger partial charge is 0.493 e. The molecule has 2 rings (SSSR count). The Hall–Kier alpha value is -2.70. The lowest BCUT2D eigenvalue weighted by molar-refractivity contribution is -0.123. The molecule has 1 aromatic rings. The Morgan fingerprint density at radius 2 is 2.04 bits per heavy atom. The minimum absolute atomic E-state index is 0.0541. The van der Waals surface area contributed by atoms with Crippen molar-refractivity contribution in [3.8, 4) is 17.2 Å². The summed E-state index contributed by atoms with van der Waals surface area (Å²) in [6.45, 7) is 3.23. The molecule has 0 radical (unpaired) electrons.